The van der Waals surface area contributed by atoms with E-state index >= 15 is 0 Å². The van der Waals surface area contributed by atoms with E-state index in [4.69, 9.17) is 0 Å². The van der Waals surface area contributed by atoms with Crippen molar-refractivity contribution in [1.82, 2.24) is 0 Å². The summed E-state index contributed by atoms with van der Waals surface area (Å²) in [6.45, 7) is 4.67. The molecule has 0 heterocycles. The molecule has 1 aliphatic carbocycles. The summed E-state index contributed by atoms with van der Waals surface area (Å²) in [5, 5.41) is 0. The fraction of sp³-hybridized carbons (Fsp3) is 0.900. The molecule has 1 atom stereocenters. The molecule has 0 aromatic carbocycles. The van der Waals surface area contributed by atoms with Gasteiger partial charge in [0.25, 0.3) is 0 Å². The largest absolute Gasteiger partial charge is 0.0651 e. The Hall–Kier alpha value is 0. The predicted molar refractivity (Wildman–Crippen MR) is 45.8 cm³/mol. The smallest absolute Gasteiger partial charge is 0.0213 e. The first-order valence-electron chi connectivity index (χ1n) is 4.69. The van der Waals surface area contributed by atoms with E-state index in [0.717, 1.165) is 5.92 Å². The zero-order chi connectivity index (χ0) is 7.40. The summed E-state index contributed by atoms with van der Waals surface area (Å²) in [6.07, 6.45) is 8.58. The van der Waals surface area contributed by atoms with Crippen molar-refractivity contribution >= 4 is 0 Å². The van der Waals surface area contributed by atoms with Crippen LogP contribution in [0.2, 0.25) is 0 Å². The molecule has 10 heavy (non-hydrogen) atoms. The highest BCUT2D eigenvalue weighted by atomic mass is 14.2. The van der Waals surface area contributed by atoms with Crippen molar-refractivity contribution < 1.29 is 0 Å². The van der Waals surface area contributed by atoms with Crippen LogP contribution in [-0.4, -0.2) is 0 Å². The molecule has 1 aliphatic rings. The molecule has 0 saturated heterocycles. The summed E-state index contributed by atoms with van der Waals surface area (Å²) in [6, 6.07) is 0. The summed E-state index contributed by atoms with van der Waals surface area (Å²) in [4.78, 5) is 0. The molecule has 0 aromatic heterocycles. The van der Waals surface area contributed by atoms with Gasteiger partial charge in [0.1, 0.15) is 0 Å². The molecule has 0 aliphatic heterocycles. The third kappa shape index (κ3) is 2.00. The quantitative estimate of drug-likeness (QED) is 0.548. The molecule has 0 heteroatoms. The minimum atomic E-state index is 0.903. The van der Waals surface area contributed by atoms with Gasteiger partial charge in [-0.15, -0.1) is 0 Å². The molecule has 0 spiro atoms. The van der Waals surface area contributed by atoms with E-state index in [1.54, 1.807) is 0 Å². The lowest BCUT2D eigenvalue weighted by Gasteiger charge is -2.25. The average Bonchev–Trinajstić information content (AvgIpc) is 2.05. The first-order valence-corrected chi connectivity index (χ1v) is 4.69. The maximum Gasteiger partial charge on any atom is -0.0213 e. The molecule has 0 N–H and O–H groups in total. The highest BCUT2D eigenvalue weighted by molar-refractivity contribution is 4.96. The molecule has 1 saturated carbocycles. The van der Waals surface area contributed by atoms with Crippen molar-refractivity contribution in [3.05, 3.63) is 5.92 Å². The second kappa shape index (κ2) is 4.00. The van der Waals surface area contributed by atoms with Crippen molar-refractivity contribution in [2.75, 3.05) is 0 Å². The molecule has 59 valence electrons. The zero-order valence-corrected chi connectivity index (χ0v) is 7.32. The van der Waals surface area contributed by atoms with E-state index in [2.05, 4.69) is 13.8 Å². The van der Waals surface area contributed by atoms with Gasteiger partial charge < -0.3 is 0 Å². The van der Waals surface area contributed by atoms with Crippen molar-refractivity contribution in [1.29, 1.82) is 0 Å². The molecular formula is C10H19. The summed E-state index contributed by atoms with van der Waals surface area (Å²) in [5.74, 6) is 2.74. The van der Waals surface area contributed by atoms with Gasteiger partial charge in [-0.25, -0.2) is 0 Å². The van der Waals surface area contributed by atoms with Gasteiger partial charge in [-0.3, -0.25) is 0 Å². The monoisotopic (exact) mass is 139 g/mol. The van der Waals surface area contributed by atoms with Crippen molar-refractivity contribution in [2.45, 2.75) is 52.4 Å². The molecule has 1 fully saturated rings. The third-order valence-corrected chi connectivity index (χ3v) is 2.81. The number of rotatable bonds is 2. The third-order valence-electron chi connectivity index (χ3n) is 2.81. The Morgan fingerprint density at radius 3 is 2.30 bits per heavy atom. The first-order chi connectivity index (χ1) is 4.84. The van der Waals surface area contributed by atoms with Gasteiger partial charge in [0.05, 0.1) is 0 Å². The Morgan fingerprint density at radius 1 is 1.20 bits per heavy atom. The predicted octanol–water partition coefficient (Wildman–Crippen LogP) is 3.57. The van der Waals surface area contributed by atoms with Crippen LogP contribution < -0.4 is 0 Å². The van der Waals surface area contributed by atoms with E-state index in [1.165, 1.54) is 38.5 Å². The Labute approximate surface area is 65.0 Å². The van der Waals surface area contributed by atoms with Crippen LogP contribution in [0.5, 0.6) is 0 Å². The maximum absolute atomic E-state index is 2.38. The molecular weight excluding hydrogens is 120 g/mol. The normalized spacial score (nSPS) is 24.6. The van der Waals surface area contributed by atoms with Crippen LogP contribution in [0, 0.1) is 11.8 Å². The summed E-state index contributed by atoms with van der Waals surface area (Å²) in [5.41, 5.74) is 0. The van der Waals surface area contributed by atoms with Gasteiger partial charge in [0.15, 0.2) is 0 Å². The minimum Gasteiger partial charge on any atom is -0.0651 e. The number of hydrogen-bond donors (Lipinski definition) is 0. The van der Waals surface area contributed by atoms with Crippen LogP contribution in [0.3, 0.4) is 0 Å². The van der Waals surface area contributed by atoms with E-state index in [-0.39, 0.29) is 0 Å². The first kappa shape index (κ1) is 8.10. The van der Waals surface area contributed by atoms with E-state index in [0.29, 0.717) is 0 Å². The van der Waals surface area contributed by atoms with E-state index < -0.39 is 0 Å². The minimum absolute atomic E-state index is 0.903. The van der Waals surface area contributed by atoms with Crippen LogP contribution in [0.4, 0.5) is 0 Å². The standard InChI is InChI=1S/C10H19/c1-3-9(2)10-7-5-4-6-8-10/h9H,3-8H2,1-2H3. The van der Waals surface area contributed by atoms with Crippen LogP contribution in [0.25, 0.3) is 0 Å². The fourth-order valence-corrected chi connectivity index (χ4v) is 1.79. The molecule has 1 radical (unpaired) electrons. The van der Waals surface area contributed by atoms with Gasteiger partial charge in [0, 0.05) is 0 Å². The maximum atomic E-state index is 2.38. The van der Waals surface area contributed by atoms with Crippen LogP contribution in [-0.2, 0) is 0 Å². The van der Waals surface area contributed by atoms with Crippen LogP contribution in [0.1, 0.15) is 52.4 Å². The topological polar surface area (TPSA) is 0 Å². The van der Waals surface area contributed by atoms with Gasteiger partial charge in [0.2, 0.25) is 0 Å². The summed E-state index contributed by atoms with van der Waals surface area (Å²) in [7, 11) is 0. The lowest BCUT2D eigenvalue weighted by atomic mass is 9.80. The second-order valence-electron chi connectivity index (χ2n) is 3.53. The molecule has 0 nitrogen and oxygen atoms in total. The summed E-state index contributed by atoms with van der Waals surface area (Å²) < 4.78 is 0. The van der Waals surface area contributed by atoms with E-state index in [1.807, 2.05) is 5.92 Å². The molecule has 0 aromatic rings. The number of hydrogen-bond acceptors (Lipinski definition) is 0. The average molecular weight is 139 g/mol. The Kier molecular flexibility index (Phi) is 3.24. The van der Waals surface area contributed by atoms with Crippen molar-refractivity contribution in [3.63, 3.8) is 0 Å². The van der Waals surface area contributed by atoms with Gasteiger partial charge >= 0.3 is 0 Å². The van der Waals surface area contributed by atoms with Gasteiger partial charge in [-0.1, -0.05) is 39.5 Å². The highest BCUT2D eigenvalue weighted by Gasteiger charge is 2.18. The Bertz CT molecular complexity index is 80.0. The van der Waals surface area contributed by atoms with Gasteiger partial charge in [-0.05, 0) is 24.7 Å². The lowest BCUT2D eigenvalue weighted by Crippen LogP contribution is -2.11. The molecule has 0 amide bonds. The van der Waals surface area contributed by atoms with Crippen LogP contribution in [0.15, 0.2) is 0 Å². The van der Waals surface area contributed by atoms with E-state index in [9.17, 15) is 0 Å². The fourth-order valence-electron chi connectivity index (χ4n) is 1.79. The SMILES string of the molecule is CCC(C)[C]1CCCCC1. The summed E-state index contributed by atoms with van der Waals surface area (Å²) >= 11 is 0. The van der Waals surface area contributed by atoms with Crippen molar-refractivity contribution in [2.24, 2.45) is 5.92 Å². The molecule has 1 rings (SSSR count). The molecule has 0 bridgehead atoms. The zero-order valence-electron chi connectivity index (χ0n) is 7.32. The van der Waals surface area contributed by atoms with Crippen LogP contribution >= 0.6 is 0 Å². The Morgan fingerprint density at radius 2 is 1.80 bits per heavy atom. The Balaban J connectivity index is 2.24. The highest BCUT2D eigenvalue weighted by Crippen LogP contribution is 2.32. The van der Waals surface area contributed by atoms with Crippen molar-refractivity contribution in [3.8, 4) is 0 Å². The van der Waals surface area contributed by atoms with Gasteiger partial charge in [-0.2, -0.15) is 0 Å². The second-order valence-corrected chi connectivity index (χ2v) is 3.53. The lowest BCUT2D eigenvalue weighted by molar-refractivity contribution is 0.429. The molecule has 1 unspecified atom stereocenters.